The quantitative estimate of drug-likeness (QED) is 0.707. The Bertz CT molecular complexity index is 409. The Morgan fingerprint density at radius 3 is 2.35 bits per heavy atom. The average molecular weight is 280 g/mol. The SMILES string of the molecule is CC(C)CN(CC(O)C(N)Cc1ccccc1)C(=O)O. The molecule has 0 saturated heterocycles. The van der Waals surface area contributed by atoms with Crippen LogP contribution in [0, 0.1) is 5.92 Å². The molecule has 0 saturated carbocycles. The molecule has 0 spiro atoms. The highest BCUT2D eigenvalue weighted by molar-refractivity contribution is 5.65. The Balaban J connectivity index is 2.55. The van der Waals surface area contributed by atoms with Gasteiger partial charge >= 0.3 is 6.09 Å². The molecule has 20 heavy (non-hydrogen) atoms. The van der Waals surface area contributed by atoms with Gasteiger partial charge in [0.05, 0.1) is 12.6 Å². The van der Waals surface area contributed by atoms with Gasteiger partial charge in [-0.3, -0.25) is 0 Å². The van der Waals surface area contributed by atoms with Crippen LogP contribution in [0.15, 0.2) is 30.3 Å². The van der Waals surface area contributed by atoms with Gasteiger partial charge < -0.3 is 20.8 Å². The van der Waals surface area contributed by atoms with E-state index in [0.29, 0.717) is 13.0 Å². The fourth-order valence-corrected chi connectivity index (χ4v) is 2.05. The first kappa shape index (κ1) is 16.5. The zero-order valence-corrected chi connectivity index (χ0v) is 12.1. The predicted octanol–water partition coefficient (Wildman–Crippen LogP) is 1.55. The molecule has 0 bridgehead atoms. The van der Waals surface area contributed by atoms with Crippen molar-refractivity contribution in [1.29, 1.82) is 0 Å². The lowest BCUT2D eigenvalue weighted by Crippen LogP contribution is -2.47. The molecule has 5 heteroatoms. The van der Waals surface area contributed by atoms with Crippen molar-refractivity contribution >= 4 is 6.09 Å². The van der Waals surface area contributed by atoms with Crippen molar-refractivity contribution < 1.29 is 15.0 Å². The van der Waals surface area contributed by atoms with Gasteiger partial charge in [-0.15, -0.1) is 0 Å². The number of hydrogen-bond donors (Lipinski definition) is 3. The first-order valence-corrected chi connectivity index (χ1v) is 6.85. The Kier molecular flexibility index (Phi) is 6.48. The van der Waals surface area contributed by atoms with Crippen molar-refractivity contribution in [3.8, 4) is 0 Å². The van der Waals surface area contributed by atoms with E-state index >= 15 is 0 Å². The van der Waals surface area contributed by atoms with Crippen molar-refractivity contribution in [1.82, 2.24) is 4.90 Å². The summed E-state index contributed by atoms with van der Waals surface area (Å²) in [5.41, 5.74) is 6.99. The smallest absolute Gasteiger partial charge is 0.407 e. The van der Waals surface area contributed by atoms with Crippen molar-refractivity contribution in [3.05, 3.63) is 35.9 Å². The summed E-state index contributed by atoms with van der Waals surface area (Å²) in [7, 11) is 0. The highest BCUT2D eigenvalue weighted by atomic mass is 16.4. The van der Waals surface area contributed by atoms with Gasteiger partial charge in [0.15, 0.2) is 0 Å². The van der Waals surface area contributed by atoms with E-state index in [9.17, 15) is 9.90 Å². The number of carbonyl (C=O) groups is 1. The van der Waals surface area contributed by atoms with E-state index in [1.54, 1.807) is 0 Å². The lowest BCUT2D eigenvalue weighted by Gasteiger charge is -2.27. The third kappa shape index (κ3) is 5.59. The van der Waals surface area contributed by atoms with E-state index in [4.69, 9.17) is 10.8 Å². The minimum absolute atomic E-state index is 0.0432. The molecule has 0 radical (unpaired) electrons. The molecule has 0 aromatic heterocycles. The van der Waals surface area contributed by atoms with E-state index in [0.717, 1.165) is 5.56 Å². The monoisotopic (exact) mass is 280 g/mol. The van der Waals surface area contributed by atoms with Crippen LogP contribution in [0.3, 0.4) is 0 Å². The number of nitrogens with zero attached hydrogens (tertiary/aromatic N) is 1. The number of nitrogens with two attached hydrogens (primary N) is 1. The maximum absolute atomic E-state index is 11.1. The molecule has 0 aliphatic rings. The second-order valence-electron chi connectivity index (χ2n) is 5.50. The molecule has 1 rings (SSSR count). The van der Waals surface area contributed by atoms with Crippen LogP contribution < -0.4 is 5.73 Å². The highest BCUT2D eigenvalue weighted by Gasteiger charge is 2.22. The Morgan fingerprint density at radius 1 is 1.25 bits per heavy atom. The molecule has 2 atom stereocenters. The van der Waals surface area contributed by atoms with Crippen molar-refractivity contribution in [3.63, 3.8) is 0 Å². The predicted molar refractivity (Wildman–Crippen MR) is 78.6 cm³/mol. The van der Waals surface area contributed by atoms with Gasteiger partial charge in [0.2, 0.25) is 0 Å². The van der Waals surface area contributed by atoms with Crippen LogP contribution in [-0.4, -0.2) is 46.4 Å². The molecule has 0 fully saturated rings. The molecule has 112 valence electrons. The van der Waals surface area contributed by atoms with Gasteiger partial charge in [0.1, 0.15) is 0 Å². The van der Waals surface area contributed by atoms with E-state index < -0.39 is 18.2 Å². The van der Waals surface area contributed by atoms with Gasteiger partial charge in [-0.1, -0.05) is 44.2 Å². The third-order valence-corrected chi connectivity index (χ3v) is 3.07. The van der Waals surface area contributed by atoms with Crippen LogP contribution in [0.5, 0.6) is 0 Å². The topological polar surface area (TPSA) is 86.8 Å². The number of aliphatic hydroxyl groups excluding tert-OH is 1. The molecule has 5 nitrogen and oxygen atoms in total. The molecule has 1 amide bonds. The molecule has 2 unspecified atom stereocenters. The van der Waals surface area contributed by atoms with Crippen molar-refractivity contribution in [2.75, 3.05) is 13.1 Å². The van der Waals surface area contributed by atoms with Crippen LogP contribution in [0.4, 0.5) is 4.79 Å². The van der Waals surface area contributed by atoms with Gasteiger partial charge in [0, 0.05) is 12.6 Å². The number of hydrogen-bond acceptors (Lipinski definition) is 3. The fourth-order valence-electron chi connectivity index (χ4n) is 2.05. The van der Waals surface area contributed by atoms with Crippen molar-refractivity contribution in [2.24, 2.45) is 11.7 Å². The van der Waals surface area contributed by atoms with E-state index in [1.807, 2.05) is 44.2 Å². The summed E-state index contributed by atoms with van der Waals surface area (Å²) >= 11 is 0. The number of rotatable bonds is 7. The second-order valence-corrected chi connectivity index (χ2v) is 5.50. The number of amides is 1. The van der Waals surface area contributed by atoms with E-state index in [-0.39, 0.29) is 12.5 Å². The third-order valence-electron chi connectivity index (χ3n) is 3.07. The largest absolute Gasteiger partial charge is 0.465 e. The molecule has 0 aliphatic heterocycles. The van der Waals surface area contributed by atoms with Gasteiger partial charge in [-0.25, -0.2) is 4.79 Å². The lowest BCUT2D eigenvalue weighted by molar-refractivity contribution is 0.0778. The van der Waals surface area contributed by atoms with Crippen molar-refractivity contribution in [2.45, 2.75) is 32.4 Å². The van der Waals surface area contributed by atoms with E-state index in [1.165, 1.54) is 4.90 Å². The average Bonchev–Trinajstić information content (AvgIpc) is 2.38. The maximum atomic E-state index is 11.1. The van der Waals surface area contributed by atoms with Gasteiger partial charge in [-0.2, -0.15) is 0 Å². The molecule has 0 heterocycles. The lowest BCUT2D eigenvalue weighted by atomic mass is 10.0. The molecule has 1 aromatic carbocycles. The van der Waals surface area contributed by atoms with Crippen LogP contribution in [0.2, 0.25) is 0 Å². The minimum Gasteiger partial charge on any atom is -0.465 e. The fraction of sp³-hybridized carbons (Fsp3) is 0.533. The van der Waals surface area contributed by atoms with Crippen LogP contribution in [0.1, 0.15) is 19.4 Å². The van der Waals surface area contributed by atoms with E-state index in [2.05, 4.69) is 0 Å². The first-order valence-electron chi connectivity index (χ1n) is 6.85. The standard InChI is InChI=1S/C15H24N2O3/c1-11(2)9-17(15(19)20)10-14(18)13(16)8-12-6-4-3-5-7-12/h3-7,11,13-14,18H,8-10,16H2,1-2H3,(H,19,20). The summed E-state index contributed by atoms with van der Waals surface area (Å²) in [5, 5.41) is 19.2. The summed E-state index contributed by atoms with van der Waals surface area (Å²) in [6, 6.07) is 9.14. The minimum atomic E-state index is -1.02. The summed E-state index contributed by atoms with van der Waals surface area (Å²) in [6.45, 7) is 4.31. The highest BCUT2D eigenvalue weighted by Crippen LogP contribution is 2.07. The van der Waals surface area contributed by atoms with Gasteiger partial charge in [-0.05, 0) is 17.9 Å². The second kappa shape index (κ2) is 7.87. The zero-order valence-electron chi connectivity index (χ0n) is 12.1. The Labute approximate surface area is 120 Å². The molecule has 4 N–H and O–H groups in total. The van der Waals surface area contributed by atoms with Crippen LogP contribution in [0.25, 0.3) is 0 Å². The molecule has 0 aliphatic carbocycles. The number of benzene rings is 1. The van der Waals surface area contributed by atoms with Gasteiger partial charge in [0.25, 0.3) is 0 Å². The summed E-state index contributed by atoms with van der Waals surface area (Å²) in [4.78, 5) is 12.3. The molecular formula is C15H24N2O3. The Morgan fingerprint density at radius 2 is 1.85 bits per heavy atom. The summed E-state index contributed by atoms with van der Waals surface area (Å²) < 4.78 is 0. The normalized spacial score (nSPS) is 14.1. The first-order chi connectivity index (χ1) is 9.40. The summed E-state index contributed by atoms with van der Waals surface area (Å²) in [6.07, 6.45) is -1.37. The number of aliphatic hydroxyl groups is 1. The molecular weight excluding hydrogens is 256 g/mol. The van der Waals surface area contributed by atoms with Crippen LogP contribution >= 0.6 is 0 Å². The zero-order chi connectivity index (χ0) is 15.1. The Hall–Kier alpha value is -1.59. The van der Waals surface area contributed by atoms with Crippen LogP contribution in [-0.2, 0) is 6.42 Å². The number of carboxylic acid groups (broad SMARTS) is 1. The summed E-state index contributed by atoms with van der Waals surface area (Å²) in [5.74, 6) is 0.212. The molecule has 1 aromatic rings. The maximum Gasteiger partial charge on any atom is 0.407 e.